The summed E-state index contributed by atoms with van der Waals surface area (Å²) in [5.41, 5.74) is 1.57. The molecule has 0 saturated carbocycles. The molecule has 1 aliphatic rings. The Morgan fingerprint density at radius 1 is 1.59 bits per heavy atom. The van der Waals surface area contributed by atoms with Gasteiger partial charge in [-0.3, -0.25) is 4.79 Å². The number of ether oxygens (including phenoxy) is 1. The average Bonchev–Trinajstić information content (AvgIpc) is 2.85. The Labute approximate surface area is 101 Å². The quantitative estimate of drug-likeness (QED) is 0.787. The first-order valence-electron chi connectivity index (χ1n) is 5.91. The first-order chi connectivity index (χ1) is 8.20. The zero-order valence-electron chi connectivity index (χ0n) is 9.90. The molecule has 0 aliphatic carbocycles. The molecule has 0 aromatic heterocycles. The van der Waals surface area contributed by atoms with E-state index >= 15 is 0 Å². The van der Waals surface area contributed by atoms with Crippen LogP contribution in [0.2, 0.25) is 0 Å². The summed E-state index contributed by atoms with van der Waals surface area (Å²) >= 11 is 0. The smallest absolute Gasteiger partial charge is 0.230 e. The molecule has 1 aromatic rings. The Morgan fingerprint density at radius 2 is 2.41 bits per heavy atom. The van der Waals surface area contributed by atoms with E-state index in [0.717, 1.165) is 18.4 Å². The summed E-state index contributed by atoms with van der Waals surface area (Å²) in [5.74, 6) is -0.0693. The first kappa shape index (κ1) is 11.9. The van der Waals surface area contributed by atoms with Crippen LogP contribution >= 0.6 is 0 Å². The van der Waals surface area contributed by atoms with Crippen molar-refractivity contribution < 1.29 is 14.6 Å². The second-order valence-electron chi connectivity index (χ2n) is 4.25. The minimum atomic E-state index is -0.0975. The van der Waals surface area contributed by atoms with Crippen molar-refractivity contribution in [2.45, 2.75) is 19.8 Å². The number of nitrogens with one attached hydrogen (secondary N) is 1. The van der Waals surface area contributed by atoms with Gasteiger partial charge in [0.25, 0.3) is 0 Å². The van der Waals surface area contributed by atoms with E-state index in [1.54, 1.807) is 6.07 Å². The Hall–Kier alpha value is -1.55. The van der Waals surface area contributed by atoms with Crippen molar-refractivity contribution in [3.8, 4) is 5.75 Å². The number of anilines is 1. The Kier molecular flexibility index (Phi) is 3.64. The number of phenols is 1. The van der Waals surface area contributed by atoms with Crippen molar-refractivity contribution in [1.29, 1.82) is 0 Å². The van der Waals surface area contributed by atoms with Crippen LogP contribution in [0.5, 0.6) is 5.75 Å². The maximum atomic E-state index is 11.9. The largest absolute Gasteiger partial charge is 0.506 e. The van der Waals surface area contributed by atoms with Gasteiger partial charge in [-0.05, 0) is 30.5 Å². The fourth-order valence-electron chi connectivity index (χ4n) is 1.88. The van der Waals surface area contributed by atoms with Crippen LogP contribution in [0.15, 0.2) is 18.2 Å². The third-order valence-electron chi connectivity index (χ3n) is 3.03. The number of carbonyl (C=O) groups is 1. The highest BCUT2D eigenvalue weighted by Crippen LogP contribution is 2.26. The highest BCUT2D eigenvalue weighted by atomic mass is 16.5. The van der Waals surface area contributed by atoms with Crippen LogP contribution in [0.3, 0.4) is 0 Å². The predicted molar refractivity (Wildman–Crippen MR) is 65.0 cm³/mol. The molecule has 1 aromatic carbocycles. The highest BCUT2D eigenvalue weighted by Gasteiger charge is 2.24. The van der Waals surface area contributed by atoms with Crippen LogP contribution in [-0.4, -0.2) is 24.2 Å². The van der Waals surface area contributed by atoms with Crippen LogP contribution in [-0.2, 0) is 16.0 Å². The summed E-state index contributed by atoms with van der Waals surface area (Å²) in [5, 5.41) is 12.4. The molecule has 4 heteroatoms. The van der Waals surface area contributed by atoms with Crippen molar-refractivity contribution in [2.75, 3.05) is 18.5 Å². The van der Waals surface area contributed by atoms with Gasteiger partial charge in [0.1, 0.15) is 5.75 Å². The maximum absolute atomic E-state index is 11.9. The molecule has 1 atom stereocenters. The number of carbonyl (C=O) groups excluding carboxylic acids is 1. The van der Waals surface area contributed by atoms with E-state index in [4.69, 9.17) is 4.74 Å². The molecular weight excluding hydrogens is 218 g/mol. The maximum Gasteiger partial charge on any atom is 0.230 e. The van der Waals surface area contributed by atoms with Gasteiger partial charge in [0.05, 0.1) is 18.2 Å². The molecular formula is C13H17NO3. The molecule has 1 unspecified atom stereocenters. The molecule has 1 amide bonds. The van der Waals surface area contributed by atoms with Crippen molar-refractivity contribution in [2.24, 2.45) is 5.92 Å². The molecule has 1 aliphatic heterocycles. The Morgan fingerprint density at radius 3 is 3.06 bits per heavy atom. The Bertz CT molecular complexity index is 411. The number of benzene rings is 1. The van der Waals surface area contributed by atoms with Gasteiger partial charge >= 0.3 is 0 Å². The second-order valence-corrected chi connectivity index (χ2v) is 4.25. The van der Waals surface area contributed by atoms with E-state index in [1.165, 1.54) is 0 Å². The van der Waals surface area contributed by atoms with E-state index in [2.05, 4.69) is 5.32 Å². The van der Waals surface area contributed by atoms with Crippen molar-refractivity contribution in [3.05, 3.63) is 23.8 Å². The van der Waals surface area contributed by atoms with Gasteiger partial charge in [-0.1, -0.05) is 13.0 Å². The van der Waals surface area contributed by atoms with Crippen LogP contribution in [0, 0.1) is 5.92 Å². The van der Waals surface area contributed by atoms with E-state index in [0.29, 0.717) is 18.9 Å². The number of hydrogen-bond donors (Lipinski definition) is 2. The lowest BCUT2D eigenvalue weighted by Gasteiger charge is -2.11. The molecule has 0 spiro atoms. The van der Waals surface area contributed by atoms with Gasteiger partial charge < -0.3 is 15.2 Å². The van der Waals surface area contributed by atoms with Crippen LogP contribution in [0.25, 0.3) is 0 Å². The number of aryl methyl sites for hydroxylation is 1. The minimum absolute atomic E-state index is 0.0777. The summed E-state index contributed by atoms with van der Waals surface area (Å²) in [6, 6.07) is 5.27. The summed E-state index contributed by atoms with van der Waals surface area (Å²) in [4.78, 5) is 11.9. The number of hydrogen-bond acceptors (Lipinski definition) is 3. The normalized spacial score (nSPS) is 19.2. The molecule has 2 N–H and O–H groups in total. The van der Waals surface area contributed by atoms with E-state index in [9.17, 15) is 9.90 Å². The van der Waals surface area contributed by atoms with Gasteiger partial charge in [-0.25, -0.2) is 0 Å². The molecule has 0 radical (unpaired) electrons. The second kappa shape index (κ2) is 5.19. The van der Waals surface area contributed by atoms with Crippen LogP contribution in [0.1, 0.15) is 18.9 Å². The van der Waals surface area contributed by atoms with Crippen LogP contribution in [0.4, 0.5) is 5.69 Å². The standard InChI is InChI=1S/C13H17NO3/c1-2-9-3-4-12(15)11(7-9)14-13(16)10-5-6-17-8-10/h3-4,7,10,15H,2,5-6,8H2,1H3,(H,14,16). The highest BCUT2D eigenvalue weighted by molar-refractivity contribution is 5.94. The van der Waals surface area contributed by atoms with Gasteiger partial charge in [-0.15, -0.1) is 0 Å². The summed E-state index contributed by atoms with van der Waals surface area (Å²) in [6.07, 6.45) is 1.62. The van der Waals surface area contributed by atoms with Gasteiger partial charge in [-0.2, -0.15) is 0 Å². The molecule has 4 nitrogen and oxygen atoms in total. The molecule has 1 heterocycles. The summed E-state index contributed by atoms with van der Waals surface area (Å²) < 4.78 is 5.17. The molecule has 2 rings (SSSR count). The zero-order chi connectivity index (χ0) is 12.3. The third-order valence-corrected chi connectivity index (χ3v) is 3.03. The number of amides is 1. The predicted octanol–water partition coefficient (Wildman–Crippen LogP) is 1.93. The number of phenolic OH excluding ortho intramolecular Hbond substituents is 1. The van der Waals surface area contributed by atoms with Gasteiger partial charge in [0, 0.05) is 6.61 Å². The van der Waals surface area contributed by atoms with Crippen molar-refractivity contribution in [3.63, 3.8) is 0 Å². The molecule has 0 bridgehead atoms. The van der Waals surface area contributed by atoms with E-state index < -0.39 is 0 Å². The number of rotatable bonds is 3. The van der Waals surface area contributed by atoms with Crippen LogP contribution < -0.4 is 5.32 Å². The molecule has 1 saturated heterocycles. The van der Waals surface area contributed by atoms with E-state index in [1.807, 2.05) is 19.1 Å². The lowest BCUT2D eigenvalue weighted by atomic mass is 10.1. The topological polar surface area (TPSA) is 58.6 Å². The summed E-state index contributed by atoms with van der Waals surface area (Å²) in [6.45, 7) is 3.14. The van der Waals surface area contributed by atoms with Gasteiger partial charge in [0.2, 0.25) is 5.91 Å². The summed E-state index contributed by atoms with van der Waals surface area (Å²) in [7, 11) is 0. The SMILES string of the molecule is CCc1ccc(O)c(NC(=O)C2CCOC2)c1. The van der Waals surface area contributed by atoms with Gasteiger partial charge in [0.15, 0.2) is 0 Å². The Balaban J connectivity index is 2.09. The average molecular weight is 235 g/mol. The third kappa shape index (κ3) is 2.77. The fraction of sp³-hybridized carbons (Fsp3) is 0.462. The first-order valence-corrected chi connectivity index (χ1v) is 5.91. The fourth-order valence-corrected chi connectivity index (χ4v) is 1.88. The lowest BCUT2D eigenvalue weighted by Crippen LogP contribution is -2.22. The molecule has 92 valence electrons. The molecule has 17 heavy (non-hydrogen) atoms. The van der Waals surface area contributed by atoms with E-state index in [-0.39, 0.29) is 17.6 Å². The minimum Gasteiger partial charge on any atom is -0.506 e. The zero-order valence-corrected chi connectivity index (χ0v) is 9.90. The van der Waals surface area contributed by atoms with Crippen molar-refractivity contribution >= 4 is 11.6 Å². The number of aromatic hydroxyl groups is 1. The monoisotopic (exact) mass is 235 g/mol. The van der Waals surface area contributed by atoms with Crippen molar-refractivity contribution in [1.82, 2.24) is 0 Å². The lowest BCUT2D eigenvalue weighted by molar-refractivity contribution is -0.119. The molecule has 1 fully saturated rings.